The van der Waals surface area contributed by atoms with Gasteiger partial charge < -0.3 is 60.2 Å². The summed E-state index contributed by atoms with van der Waals surface area (Å²) >= 11 is 0. The van der Waals surface area contributed by atoms with Crippen LogP contribution in [0.5, 0.6) is 17.2 Å². The number of hydrogen-bond donors (Lipinski definition) is 4. The van der Waals surface area contributed by atoms with Gasteiger partial charge in [-0.1, -0.05) is 87.5 Å². The van der Waals surface area contributed by atoms with Crippen molar-refractivity contribution in [1.82, 2.24) is 30.2 Å². The van der Waals surface area contributed by atoms with Crippen molar-refractivity contribution < 1.29 is 57.3 Å². The third kappa shape index (κ3) is 16.5. The quantitative estimate of drug-likeness (QED) is 0.0341. The number of nitrogens with one attached hydrogen (secondary N) is 3. The lowest BCUT2D eigenvalue weighted by Crippen LogP contribution is -2.45. The minimum Gasteiger partial charge on any atom is -0.493 e. The number of benzene rings is 5. The number of carbonyl (C=O) groups excluding carboxylic acids is 8. The van der Waals surface area contributed by atoms with Crippen LogP contribution in [0, 0.1) is 18.8 Å². The molecule has 10 rings (SSSR count). The maximum atomic E-state index is 14.2. The molecule has 488 valence electrons. The number of rotatable bonds is 28. The fourth-order valence-electron chi connectivity index (χ4n) is 12.8. The highest BCUT2D eigenvalue weighted by Gasteiger charge is 2.37. The zero-order valence-electron chi connectivity index (χ0n) is 53.4. The van der Waals surface area contributed by atoms with E-state index in [-0.39, 0.29) is 106 Å². The molecule has 5 aromatic carbocycles. The molecule has 5 aromatic rings. The molecule has 5 aliphatic rings. The highest BCUT2D eigenvalue weighted by molar-refractivity contribution is 6.03. The second-order valence-corrected chi connectivity index (χ2v) is 24.8. The SMILES string of the molecule is C=C1C=CC(=O)N1CCCCCC(=O)N[C@H](C(=O)C[C@@H](CCCNC(N)=O)C(=O)Nc1ccc(COC(=O)N(CCOc2cc3c(cc2C)C(=O)N2Cc4ccccc4C[C@H]2C=N3)CCOc2cc3c(cc2OC)C(=O)N2Cc4ccccc4C[C@H]2CC3)cc1)C(C)C. The van der Waals surface area contributed by atoms with Gasteiger partial charge in [-0.25, -0.2) is 9.59 Å². The summed E-state index contributed by atoms with van der Waals surface area (Å²) in [5.74, 6) is -1.08. The molecule has 5 aliphatic heterocycles. The minimum absolute atomic E-state index is 0.0224. The number of carbonyl (C=O) groups is 8. The van der Waals surface area contributed by atoms with E-state index in [2.05, 4.69) is 46.8 Å². The Morgan fingerprint density at radius 3 is 2.14 bits per heavy atom. The van der Waals surface area contributed by atoms with Crippen LogP contribution in [0.4, 0.5) is 21.0 Å². The van der Waals surface area contributed by atoms with Gasteiger partial charge >= 0.3 is 12.1 Å². The van der Waals surface area contributed by atoms with Crippen molar-refractivity contribution in [3.8, 4) is 17.2 Å². The van der Waals surface area contributed by atoms with Crippen LogP contribution in [0.15, 0.2) is 126 Å². The molecule has 4 atom stereocenters. The van der Waals surface area contributed by atoms with Gasteiger partial charge in [0.05, 0.1) is 43.5 Å². The van der Waals surface area contributed by atoms with E-state index in [9.17, 15) is 38.4 Å². The third-order valence-electron chi connectivity index (χ3n) is 18.0. The van der Waals surface area contributed by atoms with Gasteiger partial charge in [-0.05, 0) is 140 Å². The maximum absolute atomic E-state index is 14.2. The number of nitrogens with zero attached hydrogens (tertiary/aromatic N) is 5. The van der Waals surface area contributed by atoms with Crippen LogP contribution in [0.3, 0.4) is 0 Å². The third-order valence-corrected chi connectivity index (χ3v) is 18.0. The van der Waals surface area contributed by atoms with Crippen molar-refractivity contribution in [2.45, 2.75) is 129 Å². The van der Waals surface area contributed by atoms with E-state index < -0.39 is 30.0 Å². The molecule has 0 saturated heterocycles. The van der Waals surface area contributed by atoms with Crippen LogP contribution in [0.2, 0.25) is 0 Å². The Balaban J connectivity index is 0.778. The van der Waals surface area contributed by atoms with Crippen LogP contribution in [0.25, 0.3) is 0 Å². The second kappa shape index (κ2) is 30.6. The number of allylic oxidation sites excluding steroid dienone is 1. The normalized spacial score (nSPS) is 16.7. The molecule has 0 saturated carbocycles. The number of amides is 8. The van der Waals surface area contributed by atoms with E-state index in [4.69, 9.17) is 29.7 Å². The number of anilines is 1. The first-order valence-electron chi connectivity index (χ1n) is 32.2. The summed E-state index contributed by atoms with van der Waals surface area (Å²) in [5.41, 5.74) is 14.8. The van der Waals surface area contributed by atoms with Crippen molar-refractivity contribution in [1.29, 1.82) is 0 Å². The molecule has 0 unspecified atom stereocenters. The lowest BCUT2D eigenvalue weighted by Gasteiger charge is -2.35. The number of methoxy groups -OCH3 is 1. The zero-order valence-corrected chi connectivity index (χ0v) is 53.4. The monoisotopic (exact) mass is 1270 g/mol. The van der Waals surface area contributed by atoms with Gasteiger partial charge in [0.2, 0.25) is 11.8 Å². The summed E-state index contributed by atoms with van der Waals surface area (Å²) in [6.07, 6.45) is 9.73. The molecule has 0 fully saturated rings. The molecular weight excluding hydrogens is 1180 g/mol. The predicted octanol–water partition coefficient (Wildman–Crippen LogP) is 9.47. The van der Waals surface area contributed by atoms with Crippen molar-refractivity contribution in [3.05, 3.63) is 172 Å². The van der Waals surface area contributed by atoms with Crippen LogP contribution in [-0.4, -0.2) is 138 Å². The van der Waals surface area contributed by atoms with Gasteiger partial charge in [-0.15, -0.1) is 0 Å². The van der Waals surface area contributed by atoms with E-state index in [0.29, 0.717) is 109 Å². The molecule has 0 aliphatic carbocycles. The van der Waals surface area contributed by atoms with Gasteiger partial charge in [0.15, 0.2) is 17.3 Å². The number of primary amides is 1. The van der Waals surface area contributed by atoms with Crippen molar-refractivity contribution in [2.24, 2.45) is 22.6 Å². The molecular formula is C72H83N9O12. The summed E-state index contributed by atoms with van der Waals surface area (Å²) in [4.78, 5) is 119. The number of urea groups is 1. The number of nitrogens with two attached hydrogens (primary N) is 1. The van der Waals surface area contributed by atoms with Crippen molar-refractivity contribution in [2.75, 3.05) is 51.8 Å². The molecule has 93 heavy (non-hydrogen) atoms. The van der Waals surface area contributed by atoms with E-state index in [1.165, 1.54) is 29.2 Å². The first-order chi connectivity index (χ1) is 44.9. The van der Waals surface area contributed by atoms with E-state index in [1.54, 1.807) is 53.4 Å². The Labute approximate surface area is 542 Å². The van der Waals surface area contributed by atoms with Crippen LogP contribution >= 0.6 is 0 Å². The van der Waals surface area contributed by atoms with Gasteiger partial charge in [-0.3, -0.25) is 33.8 Å². The Bertz CT molecular complexity index is 3700. The predicted molar refractivity (Wildman–Crippen MR) is 351 cm³/mol. The average molecular weight is 1270 g/mol. The topological polar surface area (TPSA) is 261 Å². The second-order valence-electron chi connectivity index (χ2n) is 24.8. The zero-order chi connectivity index (χ0) is 65.7. The number of aryl methyl sites for hydroxylation is 2. The summed E-state index contributed by atoms with van der Waals surface area (Å²) in [5, 5.41) is 8.34. The first kappa shape index (κ1) is 66.1. The highest BCUT2D eigenvalue weighted by Crippen LogP contribution is 2.38. The van der Waals surface area contributed by atoms with E-state index >= 15 is 0 Å². The van der Waals surface area contributed by atoms with E-state index in [1.807, 2.05) is 67.1 Å². The first-order valence-corrected chi connectivity index (χ1v) is 32.2. The largest absolute Gasteiger partial charge is 0.493 e. The van der Waals surface area contributed by atoms with Gasteiger partial charge in [0, 0.05) is 86.3 Å². The summed E-state index contributed by atoms with van der Waals surface area (Å²) < 4.78 is 24.6. The minimum atomic E-state index is -0.848. The number of fused-ring (bicyclic) bond motifs is 6. The Morgan fingerprint density at radius 1 is 0.763 bits per heavy atom. The Morgan fingerprint density at radius 2 is 1.45 bits per heavy atom. The maximum Gasteiger partial charge on any atom is 0.410 e. The summed E-state index contributed by atoms with van der Waals surface area (Å²) in [7, 11) is 1.53. The van der Waals surface area contributed by atoms with Gasteiger partial charge in [0.25, 0.3) is 17.7 Å². The molecule has 8 amide bonds. The number of ether oxygens (including phenoxy) is 4. The smallest absolute Gasteiger partial charge is 0.410 e. The number of hydrogen-bond acceptors (Lipinski definition) is 13. The van der Waals surface area contributed by atoms with Gasteiger partial charge in [0.1, 0.15) is 25.6 Å². The van der Waals surface area contributed by atoms with E-state index in [0.717, 1.165) is 35.1 Å². The standard InChI is InChI=1S/C72H83N9O12/c1-45(2)67(77-65(83)19-7-6-12-29-79-47(4)20-27-66(79)84)61(82)37-52(18-13-28-74-71(73)88)68(85)76-55-24-21-48(22-25-55)44-93-72(89)78(30-32-91-62-40-60-59(34-46(62)3)70(87)81-43-54-17-11-9-15-50(54)36-57(81)41-75-60)31-33-92-64-38-51-23-26-56-35-49-14-8-10-16-53(49)42-80(56)69(86)58(51)39-63(64)90-5/h8-11,14-17,20-22,24-25,27,34,38-41,45,52,56-57,67H,4,6-7,12-13,18-19,23,26,28-33,35-37,42-44H2,1-3,5H3,(H,76,85)(H,77,83)(H3,73,74,88)/t52-,56-,57+,67+/m1/s1. The van der Waals surface area contributed by atoms with Crippen LogP contribution < -0.4 is 35.9 Å². The average Bonchev–Trinajstić information content (AvgIpc) is 1.72. The molecule has 0 bridgehead atoms. The molecule has 21 heteroatoms. The summed E-state index contributed by atoms with van der Waals surface area (Å²) in [6, 6.07) is 28.6. The van der Waals surface area contributed by atoms with Crippen LogP contribution in [-0.2, 0) is 62.9 Å². The number of aliphatic imine (C=N–C) groups is 1. The Kier molecular flexibility index (Phi) is 21.7. The summed E-state index contributed by atoms with van der Waals surface area (Å²) in [6.45, 7) is 11.2. The molecule has 0 spiro atoms. The molecule has 5 N–H and O–H groups in total. The number of Topliss-reactive ketones (excluding diaryl/α,β-unsaturated/α-hetero) is 1. The lowest BCUT2D eigenvalue weighted by atomic mass is 9.89. The number of unbranched alkanes of at least 4 members (excludes halogenated alkanes) is 2. The lowest BCUT2D eigenvalue weighted by molar-refractivity contribution is -0.131. The fourth-order valence-corrected chi connectivity index (χ4v) is 12.8. The fraction of sp³-hybridized carbons (Fsp3) is 0.403. The molecule has 0 radical (unpaired) electrons. The van der Waals surface area contributed by atoms with Crippen molar-refractivity contribution in [3.63, 3.8) is 0 Å². The molecule has 5 heterocycles. The highest BCUT2D eigenvalue weighted by atomic mass is 16.6. The molecule has 0 aromatic heterocycles. The van der Waals surface area contributed by atoms with Crippen molar-refractivity contribution >= 4 is 65.0 Å². The molecule has 21 nitrogen and oxygen atoms in total. The van der Waals surface area contributed by atoms with Gasteiger partial charge in [-0.2, -0.15) is 0 Å². The Hall–Kier alpha value is -9.79. The van der Waals surface area contributed by atoms with Crippen LogP contribution in [0.1, 0.15) is 125 Å². The number of ketones is 1.